The number of unbranched alkanes of at least 4 members (excludes halogenated alkanes) is 1. The molecule has 12 heteroatoms. The molecule has 36 heavy (non-hydrogen) atoms. The van der Waals surface area contributed by atoms with Crippen LogP contribution in [0.5, 0.6) is 0 Å². The Bertz CT molecular complexity index is 581. The zero-order valence-corrected chi connectivity index (χ0v) is 22.3. The van der Waals surface area contributed by atoms with Gasteiger partial charge in [-0.3, -0.25) is 9.59 Å². The SMILES string of the molecule is CN(CCOCCOCCOCCOCCOCCOC(=O)CCCCC(=O)O)C(=O)OC(C)(C)C. The van der Waals surface area contributed by atoms with E-state index in [1.165, 1.54) is 4.90 Å². The number of hydrogen-bond acceptors (Lipinski definition) is 10. The van der Waals surface area contributed by atoms with Gasteiger partial charge in [-0.1, -0.05) is 0 Å². The van der Waals surface area contributed by atoms with Crippen molar-refractivity contribution in [2.75, 3.05) is 86.3 Å². The van der Waals surface area contributed by atoms with Crippen LogP contribution in [-0.2, 0) is 42.7 Å². The topological polar surface area (TPSA) is 139 Å². The van der Waals surface area contributed by atoms with Crippen molar-refractivity contribution in [1.82, 2.24) is 4.90 Å². The number of carboxylic acids is 1. The second-order valence-corrected chi connectivity index (χ2v) is 8.79. The molecular weight excluding hydrogens is 478 g/mol. The minimum atomic E-state index is -0.864. The van der Waals surface area contributed by atoms with Crippen molar-refractivity contribution < 1.29 is 52.6 Å². The van der Waals surface area contributed by atoms with Gasteiger partial charge in [-0.15, -0.1) is 0 Å². The van der Waals surface area contributed by atoms with Crippen molar-refractivity contribution in [3.63, 3.8) is 0 Å². The van der Waals surface area contributed by atoms with Crippen LogP contribution in [-0.4, -0.2) is 120 Å². The summed E-state index contributed by atoms with van der Waals surface area (Å²) in [5.74, 6) is -1.21. The highest BCUT2D eigenvalue weighted by Crippen LogP contribution is 2.08. The molecule has 0 saturated carbocycles. The molecule has 0 aromatic heterocycles. The molecular formula is C24H45NO11. The third-order valence-corrected chi connectivity index (χ3v) is 4.28. The van der Waals surface area contributed by atoms with E-state index in [2.05, 4.69) is 0 Å². The summed E-state index contributed by atoms with van der Waals surface area (Å²) in [6.07, 6.45) is 0.855. The van der Waals surface area contributed by atoms with Gasteiger partial charge in [0, 0.05) is 26.4 Å². The maximum absolute atomic E-state index is 11.8. The Morgan fingerprint density at radius 2 is 1.08 bits per heavy atom. The first-order chi connectivity index (χ1) is 17.1. The first-order valence-electron chi connectivity index (χ1n) is 12.3. The van der Waals surface area contributed by atoms with Gasteiger partial charge in [-0.05, 0) is 33.6 Å². The summed E-state index contributed by atoms with van der Waals surface area (Å²) >= 11 is 0. The standard InChI is InChI=1S/C24H45NO11/c1-24(2,3)36-23(29)25(4)9-10-30-11-12-31-13-14-32-15-16-33-17-18-34-19-20-35-22(28)8-6-5-7-21(26)27/h5-20H2,1-4H3,(H,26,27). The highest BCUT2D eigenvalue weighted by atomic mass is 16.6. The van der Waals surface area contributed by atoms with Crippen LogP contribution in [0.1, 0.15) is 46.5 Å². The molecule has 0 bridgehead atoms. The van der Waals surface area contributed by atoms with Crippen LogP contribution in [0, 0.1) is 0 Å². The lowest BCUT2D eigenvalue weighted by molar-refractivity contribution is -0.146. The Labute approximate surface area is 214 Å². The zero-order chi connectivity index (χ0) is 27.1. The van der Waals surface area contributed by atoms with E-state index >= 15 is 0 Å². The summed E-state index contributed by atoms with van der Waals surface area (Å²) in [7, 11) is 1.67. The third kappa shape index (κ3) is 25.1. The Morgan fingerprint density at radius 3 is 1.53 bits per heavy atom. The second kappa shape index (κ2) is 22.2. The fourth-order valence-corrected chi connectivity index (χ4v) is 2.45. The minimum Gasteiger partial charge on any atom is -0.481 e. The van der Waals surface area contributed by atoms with Gasteiger partial charge in [-0.25, -0.2) is 4.79 Å². The second-order valence-electron chi connectivity index (χ2n) is 8.79. The van der Waals surface area contributed by atoms with E-state index in [-0.39, 0.29) is 38.1 Å². The van der Waals surface area contributed by atoms with Crippen molar-refractivity contribution in [2.45, 2.75) is 52.1 Å². The van der Waals surface area contributed by atoms with Gasteiger partial charge in [0.15, 0.2) is 0 Å². The number of ether oxygens (including phenoxy) is 7. The number of rotatable bonds is 23. The van der Waals surface area contributed by atoms with Gasteiger partial charge in [0.1, 0.15) is 12.2 Å². The zero-order valence-electron chi connectivity index (χ0n) is 22.3. The molecule has 0 aromatic rings. The van der Waals surface area contributed by atoms with Crippen LogP contribution in [0.2, 0.25) is 0 Å². The molecule has 1 N–H and O–H groups in total. The van der Waals surface area contributed by atoms with Crippen molar-refractivity contribution in [2.24, 2.45) is 0 Å². The molecule has 0 saturated heterocycles. The van der Waals surface area contributed by atoms with Gasteiger partial charge in [0.05, 0.1) is 66.1 Å². The lowest BCUT2D eigenvalue weighted by Gasteiger charge is -2.24. The number of likely N-dealkylation sites (N-methyl/N-ethyl adjacent to an activating group) is 1. The van der Waals surface area contributed by atoms with E-state index in [1.807, 2.05) is 20.8 Å². The molecule has 0 aliphatic carbocycles. The first-order valence-corrected chi connectivity index (χ1v) is 12.3. The lowest BCUT2D eigenvalue weighted by atomic mass is 10.2. The van der Waals surface area contributed by atoms with Crippen LogP contribution in [0.4, 0.5) is 4.79 Å². The number of hydrogen-bond donors (Lipinski definition) is 1. The number of carbonyl (C=O) groups is 3. The summed E-state index contributed by atoms with van der Waals surface area (Å²) in [5, 5.41) is 8.52. The molecule has 0 aliphatic heterocycles. The summed E-state index contributed by atoms with van der Waals surface area (Å²) in [6.45, 7) is 10.2. The van der Waals surface area contributed by atoms with E-state index in [0.29, 0.717) is 78.8 Å². The van der Waals surface area contributed by atoms with E-state index in [0.717, 1.165) is 0 Å². The first kappa shape index (κ1) is 34.0. The number of carboxylic acid groups (broad SMARTS) is 1. The molecule has 12 nitrogen and oxygen atoms in total. The Kier molecular flexibility index (Phi) is 21.0. The fraction of sp³-hybridized carbons (Fsp3) is 0.875. The third-order valence-electron chi connectivity index (χ3n) is 4.28. The number of aliphatic carboxylic acids is 1. The Hall–Kier alpha value is -1.99. The lowest BCUT2D eigenvalue weighted by Crippen LogP contribution is -2.36. The molecule has 212 valence electrons. The maximum Gasteiger partial charge on any atom is 0.410 e. The summed E-state index contributed by atoms with van der Waals surface area (Å²) in [6, 6.07) is 0. The average molecular weight is 524 g/mol. The average Bonchev–Trinajstić information content (AvgIpc) is 2.79. The van der Waals surface area contributed by atoms with Gasteiger partial charge in [-0.2, -0.15) is 0 Å². The van der Waals surface area contributed by atoms with Crippen molar-refractivity contribution in [3.8, 4) is 0 Å². The molecule has 1 amide bonds. The van der Waals surface area contributed by atoms with Crippen molar-refractivity contribution in [3.05, 3.63) is 0 Å². The van der Waals surface area contributed by atoms with Crippen molar-refractivity contribution in [1.29, 1.82) is 0 Å². The molecule has 0 spiro atoms. The van der Waals surface area contributed by atoms with Crippen molar-refractivity contribution >= 4 is 18.0 Å². The van der Waals surface area contributed by atoms with Crippen LogP contribution in [0.25, 0.3) is 0 Å². The maximum atomic E-state index is 11.8. The number of nitrogens with zero attached hydrogens (tertiary/aromatic N) is 1. The van der Waals surface area contributed by atoms with Crippen LogP contribution < -0.4 is 0 Å². The molecule has 0 radical (unpaired) electrons. The van der Waals surface area contributed by atoms with E-state index in [1.54, 1.807) is 7.05 Å². The predicted octanol–water partition coefficient (Wildman–Crippen LogP) is 2.12. The smallest absolute Gasteiger partial charge is 0.410 e. The molecule has 0 heterocycles. The normalized spacial score (nSPS) is 11.3. The Morgan fingerprint density at radius 1 is 0.667 bits per heavy atom. The molecule has 0 fully saturated rings. The quantitative estimate of drug-likeness (QED) is 0.156. The molecule has 0 unspecified atom stereocenters. The van der Waals surface area contributed by atoms with Crippen LogP contribution in [0.3, 0.4) is 0 Å². The fourth-order valence-electron chi connectivity index (χ4n) is 2.45. The highest BCUT2D eigenvalue weighted by molar-refractivity contribution is 5.69. The predicted molar refractivity (Wildman–Crippen MR) is 130 cm³/mol. The number of carbonyl (C=O) groups excluding carboxylic acids is 2. The minimum absolute atomic E-state index is 0.0594. The largest absolute Gasteiger partial charge is 0.481 e. The number of esters is 1. The van der Waals surface area contributed by atoms with Crippen LogP contribution >= 0.6 is 0 Å². The monoisotopic (exact) mass is 523 g/mol. The van der Waals surface area contributed by atoms with Gasteiger partial charge in [0.25, 0.3) is 0 Å². The van der Waals surface area contributed by atoms with E-state index < -0.39 is 11.6 Å². The van der Waals surface area contributed by atoms with Gasteiger partial charge in [0.2, 0.25) is 0 Å². The summed E-state index contributed by atoms with van der Waals surface area (Å²) in [4.78, 5) is 35.1. The highest BCUT2D eigenvalue weighted by Gasteiger charge is 2.19. The molecule has 0 atom stereocenters. The molecule has 0 rings (SSSR count). The van der Waals surface area contributed by atoms with E-state index in [4.69, 9.17) is 38.3 Å². The Balaban J connectivity index is 3.28. The van der Waals surface area contributed by atoms with E-state index in [9.17, 15) is 14.4 Å². The van der Waals surface area contributed by atoms with Gasteiger partial charge < -0.3 is 43.2 Å². The summed E-state index contributed by atoms with van der Waals surface area (Å²) < 4.78 is 37.2. The van der Waals surface area contributed by atoms with Gasteiger partial charge >= 0.3 is 18.0 Å². The van der Waals surface area contributed by atoms with Crippen LogP contribution in [0.15, 0.2) is 0 Å². The molecule has 0 aromatic carbocycles. The summed E-state index contributed by atoms with van der Waals surface area (Å²) in [5.41, 5.74) is -0.517. The number of amides is 1. The molecule has 0 aliphatic rings.